The summed E-state index contributed by atoms with van der Waals surface area (Å²) in [4.78, 5) is 27.0. The zero-order chi connectivity index (χ0) is 27.5. The van der Waals surface area contributed by atoms with Gasteiger partial charge in [-0.3, -0.25) is 4.90 Å². The van der Waals surface area contributed by atoms with E-state index in [4.69, 9.17) is 19.9 Å². The van der Waals surface area contributed by atoms with Crippen molar-refractivity contribution in [2.75, 3.05) is 19.1 Å². The van der Waals surface area contributed by atoms with Crippen molar-refractivity contribution in [2.45, 2.75) is 32.0 Å². The predicted molar refractivity (Wildman–Crippen MR) is 127 cm³/mol. The van der Waals surface area contributed by atoms with Crippen LogP contribution in [0.3, 0.4) is 0 Å². The molecule has 0 saturated heterocycles. The maximum absolute atomic E-state index is 14.0. The van der Waals surface area contributed by atoms with Crippen molar-refractivity contribution in [2.24, 2.45) is 5.73 Å². The van der Waals surface area contributed by atoms with Crippen molar-refractivity contribution in [1.82, 2.24) is 0 Å². The molecule has 2 aromatic rings. The van der Waals surface area contributed by atoms with Crippen molar-refractivity contribution in [3.05, 3.63) is 82.3 Å². The lowest BCUT2D eigenvalue weighted by atomic mass is 9.81. The fourth-order valence-corrected chi connectivity index (χ4v) is 4.02. The Morgan fingerprint density at radius 3 is 2.19 bits per heavy atom. The number of alkyl halides is 3. The monoisotopic (exact) mass is 515 g/mol. The number of nitrogens with zero attached hydrogens (tertiary/aromatic N) is 2. The second kappa shape index (κ2) is 10.7. The number of ether oxygens (including phenoxy) is 3. The first-order valence-electron chi connectivity index (χ1n) is 11.0. The molecule has 0 aliphatic carbocycles. The third-order valence-electron chi connectivity index (χ3n) is 5.50. The number of benzene rings is 2. The van der Waals surface area contributed by atoms with Crippen LogP contribution in [0.4, 0.5) is 18.9 Å². The highest BCUT2D eigenvalue weighted by atomic mass is 19.4. The van der Waals surface area contributed by atoms with Crippen LogP contribution in [-0.2, 0) is 25.2 Å². The molecule has 2 aromatic carbocycles. The molecule has 0 spiro atoms. The first kappa shape index (κ1) is 27.1. The summed E-state index contributed by atoms with van der Waals surface area (Å²) < 4.78 is 57.1. The molecule has 1 aliphatic heterocycles. The molecule has 0 bridgehead atoms. The molecule has 1 aliphatic rings. The van der Waals surface area contributed by atoms with Gasteiger partial charge in [0.1, 0.15) is 17.3 Å². The van der Waals surface area contributed by atoms with E-state index >= 15 is 0 Å². The van der Waals surface area contributed by atoms with Crippen molar-refractivity contribution in [3.63, 3.8) is 0 Å². The minimum Gasteiger partial charge on any atom is -0.490 e. The van der Waals surface area contributed by atoms with Gasteiger partial charge in [-0.05, 0) is 37.6 Å². The first-order valence-corrected chi connectivity index (χ1v) is 11.0. The number of nitrogens with two attached hydrogens (primary N) is 1. The van der Waals surface area contributed by atoms with Gasteiger partial charge in [0.25, 0.3) is 0 Å². The van der Waals surface area contributed by atoms with Crippen molar-refractivity contribution in [1.29, 1.82) is 5.26 Å². The van der Waals surface area contributed by atoms with E-state index in [0.717, 1.165) is 31.3 Å². The number of anilines is 1. The van der Waals surface area contributed by atoms with Gasteiger partial charge in [-0.1, -0.05) is 30.3 Å². The normalized spacial score (nSPS) is 16.0. The van der Waals surface area contributed by atoms with Gasteiger partial charge in [-0.15, -0.1) is 0 Å². The summed E-state index contributed by atoms with van der Waals surface area (Å²) in [7, 11) is 2.12. The number of nitriles is 1. The summed E-state index contributed by atoms with van der Waals surface area (Å²) in [5.74, 6) is -4.00. The number of carbonyl (C=O) groups excluding carboxylic acids is 2. The van der Waals surface area contributed by atoms with E-state index in [1.807, 2.05) is 6.07 Å². The summed E-state index contributed by atoms with van der Waals surface area (Å²) >= 11 is 0. The fourth-order valence-electron chi connectivity index (χ4n) is 4.02. The van der Waals surface area contributed by atoms with Crippen LogP contribution in [0.25, 0.3) is 0 Å². The SMILES string of the molecule is COC(=O)C1=C(C(=O)OC)N(c2ccc(OC(C)C)c(C(F)(F)F)c2)C(N)=C(C#N)C1c1ccccc1. The van der Waals surface area contributed by atoms with Gasteiger partial charge >= 0.3 is 18.1 Å². The number of carbonyl (C=O) groups is 2. The Bertz CT molecular complexity index is 1310. The smallest absolute Gasteiger partial charge is 0.420 e. The van der Waals surface area contributed by atoms with Crippen LogP contribution in [0.15, 0.2) is 71.2 Å². The Labute approximate surface area is 211 Å². The summed E-state index contributed by atoms with van der Waals surface area (Å²) in [6.45, 7) is 3.14. The van der Waals surface area contributed by atoms with E-state index in [1.165, 1.54) is 6.07 Å². The van der Waals surface area contributed by atoms with Crippen molar-refractivity contribution < 1.29 is 37.0 Å². The zero-order valence-electron chi connectivity index (χ0n) is 20.4. The Balaban J connectivity index is 2.41. The maximum Gasteiger partial charge on any atom is 0.420 e. The third-order valence-corrected chi connectivity index (χ3v) is 5.50. The van der Waals surface area contributed by atoms with E-state index in [1.54, 1.807) is 44.2 Å². The molecular formula is C26H24F3N3O5. The van der Waals surface area contributed by atoms with Crippen LogP contribution in [0.1, 0.15) is 30.9 Å². The van der Waals surface area contributed by atoms with Crippen LogP contribution in [0.5, 0.6) is 5.75 Å². The molecule has 0 saturated carbocycles. The molecular weight excluding hydrogens is 491 g/mol. The van der Waals surface area contributed by atoms with Gasteiger partial charge in [0.05, 0.1) is 49.0 Å². The van der Waals surface area contributed by atoms with Gasteiger partial charge in [0, 0.05) is 5.69 Å². The molecule has 8 nitrogen and oxygen atoms in total. The summed E-state index contributed by atoms with van der Waals surface area (Å²) in [6, 6.07) is 13.2. The van der Waals surface area contributed by atoms with Crippen LogP contribution in [-0.4, -0.2) is 32.3 Å². The Morgan fingerprint density at radius 2 is 1.68 bits per heavy atom. The number of hydrogen-bond acceptors (Lipinski definition) is 8. The highest BCUT2D eigenvalue weighted by molar-refractivity contribution is 6.06. The molecule has 0 fully saturated rings. The standard InChI is InChI=1S/C26H24F3N3O5/c1-14(2)37-19-11-10-16(12-18(19)26(27,28)29)32-22(25(34)36-4)21(24(33)35-3)20(17(13-30)23(32)31)15-8-6-5-7-9-15/h5-12,14,20H,31H2,1-4H3. The lowest BCUT2D eigenvalue weighted by Gasteiger charge is -2.36. The molecule has 0 aromatic heterocycles. The average Bonchev–Trinajstić information content (AvgIpc) is 2.86. The second-order valence-electron chi connectivity index (χ2n) is 8.18. The number of hydrogen-bond donors (Lipinski definition) is 1. The van der Waals surface area contributed by atoms with Gasteiger partial charge in [-0.2, -0.15) is 18.4 Å². The summed E-state index contributed by atoms with van der Waals surface area (Å²) in [5, 5.41) is 10.0. The van der Waals surface area contributed by atoms with Crippen LogP contribution < -0.4 is 15.4 Å². The van der Waals surface area contributed by atoms with Crippen molar-refractivity contribution >= 4 is 17.6 Å². The lowest BCUT2D eigenvalue weighted by molar-refractivity contribution is -0.139. The number of esters is 2. The van der Waals surface area contributed by atoms with Gasteiger partial charge in [0.15, 0.2) is 0 Å². The zero-order valence-corrected chi connectivity index (χ0v) is 20.4. The van der Waals surface area contributed by atoms with Crippen LogP contribution >= 0.6 is 0 Å². The minimum atomic E-state index is -4.83. The van der Waals surface area contributed by atoms with E-state index in [2.05, 4.69) is 0 Å². The quantitative estimate of drug-likeness (QED) is 0.564. The minimum absolute atomic E-state index is 0.171. The molecule has 37 heavy (non-hydrogen) atoms. The van der Waals surface area contributed by atoms with E-state index in [-0.39, 0.29) is 22.7 Å². The molecule has 1 atom stereocenters. The van der Waals surface area contributed by atoms with E-state index < -0.39 is 47.1 Å². The Hall–Kier alpha value is -4.46. The molecule has 3 rings (SSSR count). The van der Waals surface area contributed by atoms with Crippen molar-refractivity contribution in [3.8, 4) is 11.8 Å². The maximum atomic E-state index is 14.0. The van der Waals surface area contributed by atoms with Gasteiger partial charge in [-0.25, -0.2) is 9.59 Å². The van der Waals surface area contributed by atoms with Crippen LogP contribution in [0, 0.1) is 11.3 Å². The molecule has 1 unspecified atom stereocenters. The number of methoxy groups -OCH3 is 2. The molecule has 11 heteroatoms. The highest BCUT2D eigenvalue weighted by Crippen LogP contribution is 2.45. The second-order valence-corrected chi connectivity index (χ2v) is 8.18. The molecule has 194 valence electrons. The Kier molecular flexibility index (Phi) is 7.81. The molecule has 2 N–H and O–H groups in total. The molecule has 0 amide bonds. The Morgan fingerprint density at radius 1 is 1.05 bits per heavy atom. The lowest BCUT2D eigenvalue weighted by Crippen LogP contribution is -2.40. The fraction of sp³-hybridized carbons (Fsp3) is 0.269. The number of rotatable bonds is 6. The van der Waals surface area contributed by atoms with Gasteiger partial charge < -0.3 is 19.9 Å². The molecule has 1 heterocycles. The third kappa shape index (κ3) is 5.23. The molecule has 0 radical (unpaired) electrons. The van der Waals surface area contributed by atoms with E-state index in [0.29, 0.717) is 5.56 Å². The topological polar surface area (TPSA) is 115 Å². The number of allylic oxidation sites excluding steroid dienone is 1. The summed E-state index contributed by atoms with van der Waals surface area (Å²) in [6.07, 6.45) is -5.39. The predicted octanol–water partition coefficient (Wildman–Crippen LogP) is 4.39. The van der Waals surface area contributed by atoms with Crippen LogP contribution in [0.2, 0.25) is 0 Å². The average molecular weight is 515 g/mol. The highest BCUT2D eigenvalue weighted by Gasteiger charge is 2.44. The largest absolute Gasteiger partial charge is 0.490 e. The summed E-state index contributed by atoms with van der Waals surface area (Å²) in [5.41, 5.74) is 4.41. The van der Waals surface area contributed by atoms with Gasteiger partial charge in [0.2, 0.25) is 0 Å². The van der Waals surface area contributed by atoms with E-state index in [9.17, 15) is 28.0 Å². The number of halogens is 3. The first-order chi connectivity index (χ1) is 17.5.